The van der Waals surface area contributed by atoms with Gasteiger partial charge in [0, 0.05) is 42.5 Å². The van der Waals surface area contributed by atoms with Crippen molar-refractivity contribution in [2.24, 2.45) is 0 Å². The van der Waals surface area contributed by atoms with Gasteiger partial charge in [-0.3, -0.25) is 4.79 Å². The Balaban J connectivity index is 1.69. The molecule has 3 heterocycles. The summed E-state index contributed by atoms with van der Waals surface area (Å²) in [5, 5.41) is 0. The number of ether oxygens (including phenoxy) is 1. The lowest BCUT2D eigenvalue weighted by atomic mass is 10.0. The van der Waals surface area contributed by atoms with Crippen LogP contribution in [0.1, 0.15) is 31.4 Å². The van der Waals surface area contributed by atoms with Gasteiger partial charge in [-0.25, -0.2) is 8.78 Å². The molecule has 1 aromatic heterocycles. The molecule has 7 heteroatoms. The number of nitrogens with one attached hydrogen (secondary N) is 1. The summed E-state index contributed by atoms with van der Waals surface area (Å²) in [7, 11) is 0. The number of rotatable bonds is 3. The fraction of sp³-hybridized carbons (Fsp3) is 0.450. The Hall–Kier alpha value is -2.41. The maximum Gasteiger partial charge on any atom is 0.251 e. The monoisotopic (exact) mass is 375 g/mol. The van der Waals surface area contributed by atoms with E-state index in [1.807, 2.05) is 11.0 Å². The largest absolute Gasteiger partial charge is 0.377 e. The second-order valence-corrected chi connectivity index (χ2v) is 7.22. The topological polar surface area (TPSA) is 48.6 Å². The van der Waals surface area contributed by atoms with Crippen molar-refractivity contribution >= 4 is 11.5 Å². The molecule has 2 atom stereocenters. The van der Waals surface area contributed by atoms with Crippen LogP contribution in [0.2, 0.25) is 0 Å². The molecule has 1 unspecified atom stereocenters. The van der Waals surface area contributed by atoms with E-state index in [1.54, 1.807) is 6.07 Å². The number of morpholine rings is 1. The Labute approximate surface area is 156 Å². The molecule has 5 nitrogen and oxygen atoms in total. The molecule has 2 aliphatic rings. The van der Waals surface area contributed by atoms with Crippen molar-refractivity contribution in [1.29, 1.82) is 0 Å². The van der Waals surface area contributed by atoms with Crippen LogP contribution in [0.25, 0.3) is 0 Å². The van der Waals surface area contributed by atoms with Crippen LogP contribution in [0.5, 0.6) is 0 Å². The van der Waals surface area contributed by atoms with Gasteiger partial charge in [-0.2, -0.15) is 0 Å². The zero-order valence-electron chi connectivity index (χ0n) is 15.3. The molecule has 0 spiro atoms. The predicted molar refractivity (Wildman–Crippen MR) is 100 cm³/mol. The zero-order chi connectivity index (χ0) is 19.0. The van der Waals surface area contributed by atoms with E-state index in [-0.39, 0.29) is 17.6 Å². The third-order valence-corrected chi connectivity index (χ3v) is 5.39. The summed E-state index contributed by atoms with van der Waals surface area (Å²) in [5.41, 5.74) is 0.958. The summed E-state index contributed by atoms with van der Waals surface area (Å²) in [6, 6.07) is 6.93. The quantitative estimate of drug-likeness (QED) is 0.895. The predicted octanol–water partition coefficient (Wildman–Crippen LogP) is 3.22. The minimum absolute atomic E-state index is 0.170. The Morgan fingerprint density at radius 1 is 1.15 bits per heavy atom. The lowest BCUT2D eigenvalue weighted by molar-refractivity contribution is 0.0989. The highest BCUT2D eigenvalue weighted by Crippen LogP contribution is 2.37. The highest BCUT2D eigenvalue weighted by Gasteiger charge is 2.30. The lowest BCUT2D eigenvalue weighted by Crippen LogP contribution is -2.44. The van der Waals surface area contributed by atoms with Gasteiger partial charge in [0.05, 0.1) is 19.3 Å². The van der Waals surface area contributed by atoms with Crippen LogP contribution in [0.15, 0.2) is 35.1 Å². The van der Waals surface area contributed by atoms with E-state index in [1.165, 1.54) is 6.07 Å². The summed E-state index contributed by atoms with van der Waals surface area (Å²) in [6.07, 6.45) is 1.56. The second kappa shape index (κ2) is 7.31. The van der Waals surface area contributed by atoms with Gasteiger partial charge in [-0.05, 0) is 38.0 Å². The zero-order valence-corrected chi connectivity index (χ0v) is 15.3. The molecule has 2 saturated heterocycles. The fourth-order valence-electron chi connectivity index (χ4n) is 4.09. The van der Waals surface area contributed by atoms with Crippen molar-refractivity contribution in [3.63, 3.8) is 0 Å². The summed E-state index contributed by atoms with van der Waals surface area (Å²) >= 11 is 0. The minimum atomic E-state index is -0.456. The average molecular weight is 375 g/mol. The van der Waals surface area contributed by atoms with Gasteiger partial charge in [0.15, 0.2) is 0 Å². The normalized spacial score (nSPS) is 23.1. The molecule has 0 amide bonds. The van der Waals surface area contributed by atoms with Crippen LogP contribution in [-0.2, 0) is 4.74 Å². The molecule has 4 rings (SSSR count). The number of benzene rings is 1. The molecule has 0 radical (unpaired) electrons. The van der Waals surface area contributed by atoms with Crippen molar-refractivity contribution < 1.29 is 13.5 Å². The van der Waals surface area contributed by atoms with Crippen LogP contribution >= 0.6 is 0 Å². The smallest absolute Gasteiger partial charge is 0.251 e. The molecule has 0 bridgehead atoms. The first-order valence-corrected chi connectivity index (χ1v) is 9.33. The summed E-state index contributed by atoms with van der Waals surface area (Å²) in [4.78, 5) is 19.3. The van der Waals surface area contributed by atoms with Crippen LogP contribution in [0, 0.1) is 11.6 Å². The molecular weight excluding hydrogens is 352 g/mol. The highest BCUT2D eigenvalue weighted by atomic mass is 19.1. The second-order valence-electron chi connectivity index (χ2n) is 7.22. The van der Waals surface area contributed by atoms with Crippen molar-refractivity contribution in [2.45, 2.75) is 31.8 Å². The number of nitrogens with zero attached hydrogens (tertiary/aromatic N) is 2. The number of H-pyrrole nitrogens is 1. The number of hydrogen-bond donors (Lipinski definition) is 1. The third kappa shape index (κ3) is 3.56. The summed E-state index contributed by atoms with van der Waals surface area (Å²) in [5.74, 6) is -0.237. The third-order valence-electron chi connectivity index (χ3n) is 5.39. The van der Waals surface area contributed by atoms with E-state index in [0.717, 1.165) is 24.2 Å². The number of aromatic amines is 1. The Morgan fingerprint density at radius 2 is 2.00 bits per heavy atom. The van der Waals surface area contributed by atoms with Crippen molar-refractivity contribution in [3.05, 3.63) is 57.9 Å². The van der Waals surface area contributed by atoms with E-state index in [4.69, 9.17) is 4.74 Å². The average Bonchev–Trinajstić information content (AvgIpc) is 3.13. The Morgan fingerprint density at radius 3 is 2.81 bits per heavy atom. The number of hydrogen-bond acceptors (Lipinski definition) is 4. The maximum absolute atomic E-state index is 14.3. The van der Waals surface area contributed by atoms with Crippen LogP contribution < -0.4 is 15.4 Å². The first-order valence-electron chi connectivity index (χ1n) is 9.33. The molecule has 144 valence electrons. The van der Waals surface area contributed by atoms with Crippen LogP contribution in [-0.4, -0.2) is 37.3 Å². The van der Waals surface area contributed by atoms with Crippen molar-refractivity contribution in [1.82, 2.24) is 4.98 Å². The van der Waals surface area contributed by atoms with Crippen molar-refractivity contribution in [2.75, 3.05) is 36.1 Å². The van der Waals surface area contributed by atoms with Gasteiger partial charge < -0.3 is 19.5 Å². The Kier molecular flexibility index (Phi) is 4.86. The molecule has 1 N–H and O–H groups in total. The Bertz CT molecular complexity index is 886. The van der Waals surface area contributed by atoms with Crippen molar-refractivity contribution in [3.8, 4) is 0 Å². The van der Waals surface area contributed by atoms with Gasteiger partial charge in [0.2, 0.25) is 0 Å². The fourth-order valence-corrected chi connectivity index (χ4v) is 4.09. The minimum Gasteiger partial charge on any atom is -0.377 e. The van der Waals surface area contributed by atoms with Gasteiger partial charge in [-0.15, -0.1) is 0 Å². The first-order chi connectivity index (χ1) is 13.0. The molecule has 27 heavy (non-hydrogen) atoms. The molecule has 0 aliphatic carbocycles. The number of pyridine rings is 1. The molecular formula is C20H23F2N3O2. The first kappa shape index (κ1) is 18.0. The summed E-state index contributed by atoms with van der Waals surface area (Å²) < 4.78 is 33.5. The van der Waals surface area contributed by atoms with E-state index >= 15 is 0 Å². The lowest BCUT2D eigenvalue weighted by Gasteiger charge is -2.36. The van der Waals surface area contributed by atoms with E-state index in [9.17, 15) is 13.6 Å². The van der Waals surface area contributed by atoms with Gasteiger partial charge in [-0.1, -0.05) is 0 Å². The molecule has 2 aliphatic heterocycles. The summed E-state index contributed by atoms with van der Waals surface area (Å²) in [6.45, 7) is 4.68. The van der Waals surface area contributed by atoms with E-state index in [0.29, 0.717) is 44.1 Å². The number of anilines is 2. The van der Waals surface area contributed by atoms with Crippen LogP contribution in [0.3, 0.4) is 0 Å². The van der Waals surface area contributed by atoms with Gasteiger partial charge in [0.25, 0.3) is 5.56 Å². The molecule has 0 saturated carbocycles. The maximum atomic E-state index is 14.3. The number of halogens is 2. The van der Waals surface area contributed by atoms with Gasteiger partial charge in [0.1, 0.15) is 17.5 Å². The number of aromatic nitrogens is 1. The van der Waals surface area contributed by atoms with Crippen LogP contribution in [0.4, 0.5) is 20.3 Å². The van der Waals surface area contributed by atoms with E-state index < -0.39 is 11.6 Å². The molecule has 1 aromatic carbocycles. The van der Waals surface area contributed by atoms with E-state index in [2.05, 4.69) is 16.8 Å². The molecule has 2 aromatic rings. The standard InChI is InChI=1S/C20H23F2N3O2/c1-13-12-27-8-7-24(13)15-10-19(23-20(26)11-15)25-6-2-3-18(25)16-9-14(21)4-5-17(16)22/h4-5,9-11,13,18H,2-3,6-8,12H2,1H3,(H,23,26)/t13-,18?/m1/s1. The van der Waals surface area contributed by atoms with Gasteiger partial charge >= 0.3 is 0 Å². The highest BCUT2D eigenvalue weighted by molar-refractivity contribution is 5.57. The molecule has 2 fully saturated rings. The SMILES string of the molecule is C[C@@H]1COCCN1c1cc(N2CCCC2c2cc(F)ccc2F)[nH]c(=O)c1.